The Balaban J connectivity index is 2.84. The minimum atomic E-state index is -1.62. The lowest BCUT2D eigenvalue weighted by Gasteiger charge is -2.06. The molecule has 1 rings (SSSR count). The van der Waals surface area contributed by atoms with Gasteiger partial charge >= 0.3 is 7.12 Å². The number of halogens is 1. The highest BCUT2D eigenvalue weighted by Gasteiger charge is 2.16. The number of hydrogen-bond acceptors (Lipinski definition) is 3. The summed E-state index contributed by atoms with van der Waals surface area (Å²) >= 11 is 5.80. The summed E-state index contributed by atoms with van der Waals surface area (Å²) in [6.45, 7) is 2.55. The van der Waals surface area contributed by atoms with Gasteiger partial charge in [0.1, 0.15) is 0 Å². The second-order valence-electron chi connectivity index (χ2n) is 3.37. The van der Waals surface area contributed by atoms with Crippen molar-refractivity contribution in [3.05, 3.63) is 28.8 Å². The van der Waals surface area contributed by atoms with E-state index in [0.717, 1.165) is 6.42 Å². The number of rotatable bonds is 4. The molecule has 6 heteroatoms. The van der Waals surface area contributed by atoms with Gasteiger partial charge in [-0.25, -0.2) is 0 Å². The van der Waals surface area contributed by atoms with Gasteiger partial charge in [-0.3, -0.25) is 4.79 Å². The average Bonchev–Trinajstić information content (AvgIpc) is 2.25. The fourth-order valence-electron chi connectivity index (χ4n) is 1.22. The maximum atomic E-state index is 11.5. The lowest BCUT2D eigenvalue weighted by Crippen LogP contribution is -2.31. The maximum absolute atomic E-state index is 11.5. The SMILES string of the molecule is CCCNC(=O)c1ccc(B(O)O)c(Cl)c1. The van der Waals surface area contributed by atoms with Crippen LogP contribution in [0.3, 0.4) is 0 Å². The highest BCUT2D eigenvalue weighted by Crippen LogP contribution is 2.09. The molecule has 0 heterocycles. The molecule has 16 heavy (non-hydrogen) atoms. The number of carbonyl (C=O) groups is 1. The monoisotopic (exact) mass is 241 g/mol. The zero-order valence-corrected chi connectivity index (χ0v) is 9.66. The molecule has 0 unspecified atom stereocenters. The molecule has 0 spiro atoms. The molecule has 0 aromatic heterocycles. The minimum absolute atomic E-state index is 0.166. The highest BCUT2D eigenvalue weighted by molar-refractivity contribution is 6.62. The van der Waals surface area contributed by atoms with Crippen molar-refractivity contribution in [2.75, 3.05) is 6.54 Å². The first-order chi connectivity index (χ1) is 7.56. The van der Waals surface area contributed by atoms with Gasteiger partial charge < -0.3 is 15.4 Å². The molecule has 1 aromatic rings. The third kappa shape index (κ3) is 3.23. The second-order valence-corrected chi connectivity index (χ2v) is 3.77. The van der Waals surface area contributed by atoms with Gasteiger partial charge in [-0.15, -0.1) is 0 Å². The van der Waals surface area contributed by atoms with E-state index in [1.54, 1.807) is 0 Å². The van der Waals surface area contributed by atoms with Gasteiger partial charge in [0.05, 0.1) is 0 Å². The van der Waals surface area contributed by atoms with E-state index < -0.39 is 7.12 Å². The van der Waals surface area contributed by atoms with E-state index in [4.69, 9.17) is 21.6 Å². The predicted octanol–water partition coefficient (Wildman–Crippen LogP) is 0.160. The molecule has 0 bridgehead atoms. The van der Waals surface area contributed by atoms with E-state index >= 15 is 0 Å². The van der Waals surface area contributed by atoms with Gasteiger partial charge in [-0.1, -0.05) is 24.6 Å². The van der Waals surface area contributed by atoms with Crippen molar-refractivity contribution in [1.82, 2.24) is 5.32 Å². The van der Waals surface area contributed by atoms with Crippen molar-refractivity contribution >= 4 is 30.1 Å². The number of benzene rings is 1. The second kappa shape index (κ2) is 5.89. The van der Waals surface area contributed by atoms with Crippen LogP contribution in [0.1, 0.15) is 23.7 Å². The van der Waals surface area contributed by atoms with Crippen LogP contribution in [0.2, 0.25) is 5.02 Å². The van der Waals surface area contributed by atoms with Crippen molar-refractivity contribution in [2.45, 2.75) is 13.3 Å². The van der Waals surface area contributed by atoms with Gasteiger partial charge in [0.15, 0.2) is 0 Å². The normalized spacial score (nSPS) is 10.0. The van der Waals surface area contributed by atoms with E-state index in [0.29, 0.717) is 12.1 Å². The standard InChI is InChI=1S/C10H13BClNO3/c1-2-5-13-10(14)7-3-4-8(11(15)16)9(12)6-7/h3-4,6,15-16H,2,5H2,1H3,(H,13,14). The topological polar surface area (TPSA) is 69.6 Å². The lowest BCUT2D eigenvalue weighted by atomic mass is 9.80. The lowest BCUT2D eigenvalue weighted by molar-refractivity contribution is 0.0953. The number of carbonyl (C=O) groups excluding carboxylic acids is 1. The molecule has 0 aliphatic heterocycles. The van der Waals surface area contributed by atoms with Crippen molar-refractivity contribution in [3.8, 4) is 0 Å². The Labute approximate surface area is 99.4 Å². The molecular weight excluding hydrogens is 228 g/mol. The van der Waals surface area contributed by atoms with Crippen molar-refractivity contribution in [3.63, 3.8) is 0 Å². The van der Waals surface area contributed by atoms with Gasteiger partial charge in [-0.05, 0) is 18.6 Å². The summed E-state index contributed by atoms with van der Waals surface area (Å²) in [5, 5.41) is 20.8. The molecule has 86 valence electrons. The fourth-order valence-corrected chi connectivity index (χ4v) is 1.50. The summed E-state index contributed by atoms with van der Waals surface area (Å²) in [4.78, 5) is 11.5. The highest BCUT2D eigenvalue weighted by atomic mass is 35.5. The van der Waals surface area contributed by atoms with Crippen LogP contribution in [0, 0.1) is 0 Å². The van der Waals surface area contributed by atoms with Crippen molar-refractivity contribution < 1.29 is 14.8 Å². The van der Waals surface area contributed by atoms with Crippen LogP contribution in [0.5, 0.6) is 0 Å². The predicted molar refractivity (Wildman–Crippen MR) is 63.9 cm³/mol. The smallest absolute Gasteiger partial charge is 0.423 e. The molecular formula is C10H13BClNO3. The summed E-state index contributed by atoms with van der Waals surface area (Å²) in [6, 6.07) is 4.35. The van der Waals surface area contributed by atoms with Gasteiger partial charge in [0.2, 0.25) is 0 Å². The Hall–Kier alpha value is -1.04. The van der Waals surface area contributed by atoms with Gasteiger partial charge in [0, 0.05) is 22.6 Å². The van der Waals surface area contributed by atoms with E-state index in [1.165, 1.54) is 18.2 Å². The number of amides is 1. The van der Waals surface area contributed by atoms with Gasteiger partial charge in [0.25, 0.3) is 5.91 Å². The summed E-state index contributed by atoms with van der Waals surface area (Å²) in [5.41, 5.74) is 0.594. The number of hydrogen-bond donors (Lipinski definition) is 3. The Bertz CT molecular complexity index is 384. The van der Waals surface area contributed by atoms with Crippen LogP contribution in [-0.4, -0.2) is 29.6 Å². The molecule has 0 atom stereocenters. The zero-order valence-electron chi connectivity index (χ0n) is 8.90. The molecule has 4 nitrogen and oxygen atoms in total. The van der Waals surface area contributed by atoms with E-state index in [2.05, 4.69) is 5.32 Å². The largest absolute Gasteiger partial charge is 0.489 e. The quantitative estimate of drug-likeness (QED) is 0.658. The molecule has 1 aromatic carbocycles. The molecule has 0 saturated heterocycles. The van der Waals surface area contributed by atoms with Crippen LogP contribution in [0.15, 0.2) is 18.2 Å². The third-order valence-electron chi connectivity index (χ3n) is 2.08. The summed E-state index contributed by atoms with van der Waals surface area (Å²) in [7, 11) is -1.62. The van der Waals surface area contributed by atoms with E-state index in [9.17, 15) is 4.79 Å². The van der Waals surface area contributed by atoms with Crippen LogP contribution in [-0.2, 0) is 0 Å². The van der Waals surface area contributed by atoms with Crippen LogP contribution < -0.4 is 10.8 Å². The average molecular weight is 241 g/mol. The molecule has 0 fully saturated rings. The Morgan fingerprint density at radius 2 is 2.19 bits per heavy atom. The summed E-state index contributed by atoms with van der Waals surface area (Å²) in [5.74, 6) is -0.220. The zero-order chi connectivity index (χ0) is 12.1. The first-order valence-corrected chi connectivity index (χ1v) is 5.37. The first-order valence-electron chi connectivity index (χ1n) is 5.00. The third-order valence-corrected chi connectivity index (χ3v) is 2.40. The minimum Gasteiger partial charge on any atom is -0.423 e. The summed E-state index contributed by atoms with van der Waals surface area (Å²) < 4.78 is 0. The van der Waals surface area contributed by atoms with Crippen LogP contribution in [0.4, 0.5) is 0 Å². The van der Waals surface area contributed by atoms with E-state index in [1.807, 2.05) is 6.92 Å². The van der Waals surface area contributed by atoms with E-state index in [-0.39, 0.29) is 16.4 Å². The molecule has 0 aliphatic carbocycles. The van der Waals surface area contributed by atoms with Crippen LogP contribution in [0.25, 0.3) is 0 Å². The maximum Gasteiger partial charge on any atom is 0.489 e. The van der Waals surface area contributed by atoms with Crippen molar-refractivity contribution in [1.29, 1.82) is 0 Å². The Kier molecular flexibility index (Phi) is 4.80. The van der Waals surface area contributed by atoms with Crippen LogP contribution >= 0.6 is 11.6 Å². The molecule has 1 amide bonds. The van der Waals surface area contributed by atoms with Gasteiger partial charge in [-0.2, -0.15) is 0 Å². The number of nitrogens with one attached hydrogen (secondary N) is 1. The fraction of sp³-hybridized carbons (Fsp3) is 0.300. The first kappa shape index (κ1) is 13.0. The Morgan fingerprint density at radius 1 is 1.50 bits per heavy atom. The molecule has 0 saturated carbocycles. The summed E-state index contributed by atoms with van der Waals surface area (Å²) in [6.07, 6.45) is 0.854. The Morgan fingerprint density at radius 3 is 2.69 bits per heavy atom. The van der Waals surface area contributed by atoms with Crippen molar-refractivity contribution in [2.24, 2.45) is 0 Å². The molecule has 0 radical (unpaired) electrons. The molecule has 0 aliphatic rings. The molecule has 3 N–H and O–H groups in total.